The number of benzene rings is 1. The fourth-order valence-electron chi connectivity index (χ4n) is 1.25. The fraction of sp³-hybridized carbons (Fsp3) is 0.400. The Morgan fingerprint density at radius 1 is 1.47 bits per heavy atom. The summed E-state index contributed by atoms with van der Waals surface area (Å²) in [4.78, 5) is 0. The molecular weight excluding hydrogens is 267 g/mol. The zero-order chi connectivity index (χ0) is 11.8. The van der Waals surface area contributed by atoms with Crippen molar-refractivity contribution < 1.29 is 19.3 Å². The molecule has 0 unspecified atom stereocenters. The second-order valence-electron chi connectivity index (χ2n) is 3.66. The van der Waals surface area contributed by atoms with Crippen LogP contribution in [0.3, 0.4) is 0 Å². The predicted molar refractivity (Wildman–Crippen MR) is 57.6 cm³/mol. The molecule has 2 N–H and O–H groups in total. The number of phenolic OH excluding ortho intramolecular Hbond substituents is 1. The van der Waals surface area contributed by atoms with Gasteiger partial charge in [0.2, 0.25) is 5.82 Å². The van der Waals surface area contributed by atoms with E-state index in [0.717, 1.165) is 0 Å². The second-order valence-corrected chi connectivity index (χ2v) is 4.52. The highest BCUT2D eigenvalue weighted by Crippen LogP contribution is 2.40. The highest BCUT2D eigenvalue weighted by atomic mass is 79.9. The molecule has 0 aliphatic carbocycles. The number of halogens is 2. The summed E-state index contributed by atoms with van der Waals surface area (Å²) in [6.07, 6.45) is 0. The molecule has 0 bridgehead atoms. The first-order valence-corrected chi connectivity index (χ1v) is 5.06. The first kappa shape index (κ1) is 12.3. The third-order valence-corrected chi connectivity index (χ3v) is 2.62. The number of phenols is 1. The quantitative estimate of drug-likeness (QED) is 0.874. The van der Waals surface area contributed by atoms with Gasteiger partial charge in [-0.1, -0.05) is 0 Å². The van der Waals surface area contributed by atoms with Gasteiger partial charge in [-0.2, -0.15) is 4.39 Å². The van der Waals surface area contributed by atoms with Gasteiger partial charge < -0.3 is 14.9 Å². The minimum Gasteiger partial charge on any atom is -0.504 e. The minimum absolute atomic E-state index is 0.150. The minimum atomic E-state index is -1.25. The summed E-state index contributed by atoms with van der Waals surface area (Å²) in [6.45, 7) is 3.02. The van der Waals surface area contributed by atoms with Crippen molar-refractivity contribution in [2.45, 2.75) is 19.4 Å². The Morgan fingerprint density at radius 2 is 2.00 bits per heavy atom. The molecule has 1 aromatic carbocycles. The molecule has 0 aliphatic rings. The van der Waals surface area contributed by atoms with Crippen molar-refractivity contribution >= 4 is 15.9 Å². The van der Waals surface area contributed by atoms with E-state index < -0.39 is 17.2 Å². The molecule has 1 rings (SSSR count). The summed E-state index contributed by atoms with van der Waals surface area (Å²) in [7, 11) is 1.28. The summed E-state index contributed by atoms with van der Waals surface area (Å²) < 4.78 is 18.5. The van der Waals surface area contributed by atoms with Crippen molar-refractivity contribution in [3.63, 3.8) is 0 Å². The van der Waals surface area contributed by atoms with Crippen molar-refractivity contribution in [2.75, 3.05) is 7.11 Å². The van der Waals surface area contributed by atoms with Gasteiger partial charge in [-0.05, 0) is 35.8 Å². The van der Waals surface area contributed by atoms with E-state index in [1.54, 1.807) is 0 Å². The molecule has 0 aliphatic heterocycles. The second kappa shape index (κ2) is 3.98. The Hall–Kier alpha value is -0.810. The van der Waals surface area contributed by atoms with Crippen molar-refractivity contribution in [3.05, 3.63) is 21.9 Å². The molecule has 0 saturated carbocycles. The van der Waals surface area contributed by atoms with Crippen molar-refractivity contribution in [1.29, 1.82) is 0 Å². The van der Waals surface area contributed by atoms with Gasteiger partial charge >= 0.3 is 0 Å². The number of methoxy groups -OCH3 is 1. The van der Waals surface area contributed by atoms with Crippen LogP contribution in [0.2, 0.25) is 0 Å². The number of hydrogen-bond donors (Lipinski definition) is 2. The van der Waals surface area contributed by atoms with Gasteiger partial charge in [0, 0.05) is 5.56 Å². The first-order valence-electron chi connectivity index (χ1n) is 4.26. The van der Waals surface area contributed by atoms with E-state index in [0.29, 0.717) is 0 Å². The third-order valence-electron chi connectivity index (χ3n) is 2.01. The molecule has 0 spiro atoms. The average molecular weight is 279 g/mol. The Balaban J connectivity index is 3.53. The van der Waals surface area contributed by atoms with Crippen LogP contribution in [0.5, 0.6) is 11.5 Å². The Labute approximate surface area is 95.6 Å². The van der Waals surface area contributed by atoms with Gasteiger partial charge in [-0.3, -0.25) is 0 Å². The van der Waals surface area contributed by atoms with Crippen molar-refractivity contribution in [2.24, 2.45) is 0 Å². The number of hydrogen-bond acceptors (Lipinski definition) is 3. The highest BCUT2D eigenvalue weighted by Gasteiger charge is 2.26. The van der Waals surface area contributed by atoms with Crippen LogP contribution in [0.15, 0.2) is 10.5 Å². The lowest BCUT2D eigenvalue weighted by Gasteiger charge is -2.22. The zero-order valence-electron chi connectivity index (χ0n) is 8.64. The lowest BCUT2D eigenvalue weighted by atomic mass is 9.97. The van der Waals surface area contributed by atoms with E-state index in [1.807, 2.05) is 0 Å². The maximum Gasteiger partial charge on any atom is 0.208 e. The summed E-state index contributed by atoms with van der Waals surface area (Å²) >= 11 is 3.00. The van der Waals surface area contributed by atoms with Crippen LogP contribution in [-0.2, 0) is 5.60 Å². The summed E-state index contributed by atoms with van der Waals surface area (Å²) in [5.74, 6) is -1.56. The number of ether oxygens (including phenoxy) is 1. The van der Waals surface area contributed by atoms with E-state index in [9.17, 15) is 14.6 Å². The largest absolute Gasteiger partial charge is 0.504 e. The molecule has 0 fully saturated rings. The summed E-state index contributed by atoms with van der Waals surface area (Å²) in [6, 6.07) is 1.43. The van der Waals surface area contributed by atoms with Crippen LogP contribution in [0.4, 0.5) is 4.39 Å². The molecule has 5 heteroatoms. The zero-order valence-corrected chi connectivity index (χ0v) is 10.2. The Kier molecular flexibility index (Phi) is 3.25. The van der Waals surface area contributed by atoms with Crippen LogP contribution < -0.4 is 4.74 Å². The molecule has 0 radical (unpaired) electrons. The number of aromatic hydroxyl groups is 1. The Bertz CT molecular complexity index is 385. The highest BCUT2D eigenvalue weighted by molar-refractivity contribution is 9.10. The van der Waals surface area contributed by atoms with Gasteiger partial charge in [0.15, 0.2) is 11.5 Å². The lowest BCUT2D eigenvalue weighted by molar-refractivity contribution is 0.0747. The van der Waals surface area contributed by atoms with E-state index in [-0.39, 0.29) is 15.8 Å². The molecule has 84 valence electrons. The molecule has 0 saturated heterocycles. The van der Waals surface area contributed by atoms with Crippen LogP contribution in [-0.4, -0.2) is 17.3 Å². The molecule has 0 amide bonds. The van der Waals surface area contributed by atoms with Crippen LogP contribution >= 0.6 is 15.9 Å². The van der Waals surface area contributed by atoms with Crippen LogP contribution in [0.25, 0.3) is 0 Å². The predicted octanol–water partition coefficient (Wildman–Crippen LogP) is 2.53. The Morgan fingerprint density at radius 3 is 2.40 bits per heavy atom. The SMILES string of the molecule is COc1c(C(C)(C)O)cc(Br)c(O)c1F. The normalized spacial score (nSPS) is 11.6. The number of aliphatic hydroxyl groups is 1. The molecule has 0 heterocycles. The monoisotopic (exact) mass is 278 g/mol. The van der Waals surface area contributed by atoms with E-state index >= 15 is 0 Å². The number of rotatable bonds is 2. The smallest absolute Gasteiger partial charge is 0.208 e. The van der Waals surface area contributed by atoms with Crippen LogP contribution in [0, 0.1) is 5.82 Å². The fourth-order valence-corrected chi connectivity index (χ4v) is 1.65. The molecule has 15 heavy (non-hydrogen) atoms. The molecule has 0 aromatic heterocycles. The third kappa shape index (κ3) is 2.23. The summed E-state index contributed by atoms with van der Waals surface area (Å²) in [5, 5.41) is 19.1. The van der Waals surface area contributed by atoms with E-state index in [4.69, 9.17) is 4.74 Å². The van der Waals surface area contributed by atoms with Gasteiger partial charge in [-0.25, -0.2) is 0 Å². The summed E-state index contributed by atoms with van der Waals surface area (Å²) in [5.41, 5.74) is -0.977. The molecule has 0 atom stereocenters. The van der Waals surface area contributed by atoms with Gasteiger partial charge in [0.05, 0.1) is 17.2 Å². The van der Waals surface area contributed by atoms with Gasteiger partial charge in [0.1, 0.15) is 0 Å². The topological polar surface area (TPSA) is 49.7 Å². The van der Waals surface area contributed by atoms with Gasteiger partial charge in [0.25, 0.3) is 0 Å². The lowest BCUT2D eigenvalue weighted by Crippen LogP contribution is -2.17. The molecule has 3 nitrogen and oxygen atoms in total. The van der Waals surface area contributed by atoms with Crippen molar-refractivity contribution in [1.82, 2.24) is 0 Å². The van der Waals surface area contributed by atoms with Gasteiger partial charge in [-0.15, -0.1) is 0 Å². The van der Waals surface area contributed by atoms with Crippen LogP contribution in [0.1, 0.15) is 19.4 Å². The first-order chi connectivity index (χ1) is 6.79. The molecular formula is C10H12BrFO3. The molecule has 1 aromatic rings. The van der Waals surface area contributed by atoms with Crippen molar-refractivity contribution in [3.8, 4) is 11.5 Å². The van der Waals surface area contributed by atoms with E-state index in [1.165, 1.54) is 27.0 Å². The van der Waals surface area contributed by atoms with E-state index in [2.05, 4.69) is 15.9 Å². The maximum absolute atomic E-state index is 13.5. The average Bonchev–Trinajstić information content (AvgIpc) is 2.12. The standard InChI is InChI=1S/C10H12BrFO3/c1-10(2,14)5-4-6(11)8(13)7(12)9(5)15-3/h4,13-14H,1-3H3. The maximum atomic E-state index is 13.5.